The molecule has 2 aromatic heterocycles. The molecule has 0 aliphatic heterocycles. The monoisotopic (exact) mass is 282 g/mol. The molecule has 0 unspecified atom stereocenters. The molecular weight excluding hydrogens is 264 g/mol. The van der Waals surface area contributed by atoms with Crippen LogP contribution in [0.4, 0.5) is 0 Å². The number of benzene rings is 1. The number of nitrogens with one attached hydrogen (secondary N) is 2. The summed E-state index contributed by atoms with van der Waals surface area (Å²) >= 11 is 0. The number of nitrogens with zero attached hydrogens (tertiary/aromatic N) is 2. The first kappa shape index (κ1) is 13.5. The van der Waals surface area contributed by atoms with Crippen LogP contribution in [0.2, 0.25) is 0 Å². The summed E-state index contributed by atoms with van der Waals surface area (Å²) in [6, 6.07) is 10.2. The molecule has 1 aromatic carbocycles. The zero-order chi connectivity index (χ0) is 14.8. The number of H-pyrrole nitrogens is 2. The molecule has 0 spiro atoms. The smallest absolute Gasteiger partial charge is 0.279 e. The van der Waals surface area contributed by atoms with E-state index in [0.29, 0.717) is 23.3 Å². The third-order valence-corrected chi connectivity index (χ3v) is 3.56. The number of hydrogen-bond donors (Lipinski definition) is 2. The third-order valence-electron chi connectivity index (χ3n) is 3.56. The molecule has 3 aromatic rings. The van der Waals surface area contributed by atoms with Crippen LogP contribution < -0.4 is 5.56 Å². The molecule has 5 heteroatoms. The molecule has 21 heavy (non-hydrogen) atoms. The second kappa shape index (κ2) is 5.52. The molecule has 2 heterocycles. The van der Waals surface area contributed by atoms with Gasteiger partial charge in [-0.3, -0.25) is 9.89 Å². The van der Waals surface area contributed by atoms with Crippen molar-refractivity contribution in [2.24, 2.45) is 0 Å². The molecule has 0 aliphatic rings. The van der Waals surface area contributed by atoms with Crippen molar-refractivity contribution >= 4 is 11.0 Å². The lowest BCUT2D eigenvalue weighted by Crippen LogP contribution is -2.12. The van der Waals surface area contributed by atoms with Crippen LogP contribution in [0.25, 0.3) is 11.0 Å². The van der Waals surface area contributed by atoms with Crippen molar-refractivity contribution in [3.63, 3.8) is 0 Å². The molecule has 0 saturated heterocycles. The summed E-state index contributed by atoms with van der Waals surface area (Å²) < 4.78 is 0. The molecule has 108 valence electrons. The molecule has 0 aliphatic carbocycles. The fourth-order valence-electron chi connectivity index (χ4n) is 2.40. The van der Waals surface area contributed by atoms with Gasteiger partial charge in [0, 0.05) is 6.42 Å². The van der Waals surface area contributed by atoms with Crippen LogP contribution in [0.5, 0.6) is 0 Å². The maximum absolute atomic E-state index is 12.1. The maximum Gasteiger partial charge on any atom is 0.279 e. The molecule has 3 rings (SSSR count). The predicted octanol–water partition coefficient (Wildman–Crippen LogP) is 2.55. The Hall–Kier alpha value is -2.43. The van der Waals surface area contributed by atoms with E-state index in [0.717, 1.165) is 12.1 Å². The van der Waals surface area contributed by atoms with Crippen molar-refractivity contribution < 1.29 is 0 Å². The van der Waals surface area contributed by atoms with Gasteiger partial charge in [-0.1, -0.05) is 44.2 Å². The molecule has 0 bridgehead atoms. The summed E-state index contributed by atoms with van der Waals surface area (Å²) in [5.74, 6) is 0.964. The van der Waals surface area contributed by atoms with E-state index in [1.165, 1.54) is 5.56 Å². The van der Waals surface area contributed by atoms with Gasteiger partial charge in [0.05, 0.1) is 5.69 Å². The van der Waals surface area contributed by atoms with Gasteiger partial charge >= 0.3 is 0 Å². The summed E-state index contributed by atoms with van der Waals surface area (Å²) in [6.07, 6.45) is 1.56. The van der Waals surface area contributed by atoms with Gasteiger partial charge in [-0.05, 0) is 17.9 Å². The molecule has 2 N–H and O–H groups in total. The van der Waals surface area contributed by atoms with Crippen molar-refractivity contribution in [1.29, 1.82) is 0 Å². The molecule has 5 nitrogen and oxygen atoms in total. The van der Waals surface area contributed by atoms with E-state index in [1.54, 1.807) is 0 Å². The first-order valence-electron chi connectivity index (χ1n) is 7.16. The Morgan fingerprint density at radius 3 is 2.57 bits per heavy atom. The molecule has 0 atom stereocenters. The average molecular weight is 282 g/mol. The van der Waals surface area contributed by atoms with E-state index in [2.05, 4.69) is 46.1 Å². The highest BCUT2D eigenvalue weighted by Gasteiger charge is 2.14. The number of rotatable bonds is 4. The van der Waals surface area contributed by atoms with Crippen molar-refractivity contribution in [2.75, 3.05) is 0 Å². The number of fused-ring (bicyclic) bond motifs is 1. The number of aryl methyl sites for hydroxylation is 2. The summed E-state index contributed by atoms with van der Waals surface area (Å²) in [6.45, 7) is 4.11. The first-order valence-corrected chi connectivity index (χ1v) is 7.16. The largest absolute Gasteiger partial charge is 0.309 e. The number of hydrogen-bond acceptors (Lipinski definition) is 3. The summed E-state index contributed by atoms with van der Waals surface area (Å²) in [4.78, 5) is 19.5. The Labute approximate surface area is 122 Å². The van der Waals surface area contributed by atoms with E-state index >= 15 is 0 Å². The molecule has 0 saturated carbocycles. The van der Waals surface area contributed by atoms with Gasteiger partial charge in [-0.25, -0.2) is 4.98 Å². The van der Waals surface area contributed by atoms with E-state index < -0.39 is 0 Å². The van der Waals surface area contributed by atoms with E-state index in [-0.39, 0.29) is 11.5 Å². The Balaban J connectivity index is 1.92. The summed E-state index contributed by atoms with van der Waals surface area (Å²) in [5.41, 5.74) is 3.05. The Morgan fingerprint density at radius 1 is 1.10 bits per heavy atom. The predicted molar refractivity (Wildman–Crippen MR) is 82.4 cm³/mol. The van der Waals surface area contributed by atoms with E-state index in [9.17, 15) is 4.79 Å². The van der Waals surface area contributed by atoms with Crippen LogP contribution in [0, 0.1) is 0 Å². The van der Waals surface area contributed by atoms with E-state index in [1.807, 2.05) is 18.2 Å². The Bertz CT molecular complexity index is 802. The maximum atomic E-state index is 12.1. The molecule has 0 amide bonds. The van der Waals surface area contributed by atoms with Crippen LogP contribution in [0.1, 0.15) is 36.8 Å². The minimum Gasteiger partial charge on any atom is -0.309 e. The molecular formula is C16H18N4O. The van der Waals surface area contributed by atoms with Gasteiger partial charge in [0.25, 0.3) is 5.56 Å². The highest BCUT2D eigenvalue weighted by atomic mass is 16.1. The third kappa shape index (κ3) is 2.72. The van der Waals surface area contributed by atoms with Crippen LogP contribution in [0.15, 0.2) is 35.1 Å². The van der Waals surface area contributed by atoms with Gasteiger partial charge in [0.15, 0.2) is 5.52 Å². The van der Waals surface area contributed by atoms with Gasteiger partial charge in [-0.15, -0.1) is 0 Å². The van der Waals surface area contributed by atoms with Gasteiger partial charge in [0.2, 0.25) is 0 Å². The lowest BCUT2D eigenvalue weighted by Gasteiger charge is -2.04. The lowest BCUT2D eigenvalue weighted by atomic mass is 10.1. The van der Waals surface area contributed by atoms with Crippen LogP contribution in [-0.2, 0) is 12.8 Å². The topological polar surface area (TPSA) is 74.4 Å². The SMILES string of the molecule is CC(C)c1[nH]nc2c(=O)[nH]c(CCc3ccccc3)nc12. The second-order valence-electron chi connectivity index (χ2n) is 5.49. The van der Waals surface area contributed by atoms with Crippen molar-refractivity contribution in [1.82, 2.24) is 20.2 Å². The van der Waals surface area contributed by atoms with Crippen molar-refractivity contribution in [3.05, 3.63) is 57.8 Å². The minimum absolute atomic E-state index is 0.175. The fraction of sp³-hybridized carbons (Fsp3) is 0.312. The molecule has 0 fully saturated rings. The summed E-state index contributed by atoms with van der Waals surface area (Å²) in [5, 5.41) is 6.99. The van der Waals surface area contributed by atoms with Crippen LogP contribution >= 0.6 is 0 Å². The van der Waals surface area contributed by atoms with E-state index in [4.69, 9.17) is 0 Å². The van der Waals surface area contributed by atoms with Crippen molar-refractivity contribution in [3.8, 4) is 0 Å². The first-order chi connectivity index (χ1) is 10.1. The average Bonchev–Trinajstić information content (AvgIpc) is 2.91. The Kier molecular flexibility index (Phi) is 3.56. The highest BCUT2D eigenvalue weighted by Crippen LogP contribution is 2.18. The van der Waals surface area contributed by atoms with Gasteiger partial charge < -0.3 is 4.98 Å². The lowest BCUT2D eigenvalue weighted by molar-refractivity contribution is 0.812. The number of aromatic amines is 2. The summed E-state index contributed by atoms with van der Waals surface area (Å²) in [7, 11) is 0. The van der Waals surface area contributed by atoms with Crippen LogP contribution in [-0.4, -0.2) is 20.2 Å². The van der Waals surface area contributed by atoms with Gasteiger partial charge in [0.1, 0.15) is 11.3 Å². The minimum atomic E-state index is -0.175. The number of aromatic nitrogens is 4. The second-order valence-corrected chi connectivity index (χ2v) is 5.49. The normalized spacial score (nSPS) is 11.4. The zero-order valence-corrected chi connectivity index (χ0v) is 12.2. The Morgan fingerprint density at radius 2 is 1.86 bits per heavy atom. The molecule has 0 radical (unpaired) electrons. The fourth-order valence-corrected chi connectivity index (χ4v) is 2.40. The van der Waals surface area contributed by atoms with Gasteiger partial charge in [-0.2, -0.15) is 5.10 Å². The standard InChI is InChI=1S/C16H18N4O/c1-10(2)13-14-15(20-19-13)16(21)18-12(17-14)9-8-11-6-4-3-5-7-11/h3-7,10H,8-9H2,1-2H3,(H,19,20)(H,17,18,21). The zero-order valence-electron chi connectivity index (χ0n) is 12.2. The van der Waals surface area contributed by atoms with Crippen molar-refractivity contribution in [2.45, 2.75) is 32.6 Å². The van der Waals surface area contributed by atoms with Crippen LogP contribution in [0.3, 0.4) is 0 Å². The highest BCUT2D eigenvalue weighted by molar-refractivity contribution is 5.76. The quantitative estimate of drug-likeness (QED) is 0.772.